The van der Waals surface area contributed by atoms with Gasteiger partial charge in [-0.1, -0.05) is 18.2 Å². The van der Waals surface area contributed by atoms with Crippen LogP contribution in [0.15, 0.2) is 35.2 Å². The molecular weight excluding hydrogens is 274 g/mol. The van der Waals surface area contributed by atoms with Crippen molar-refractivity contribution in [1.82, 2.24) is 4.90 Å². The molecule has 0 saturated heterocycles. The molecule has 1 aromatic rings. The van der Waals surface area contributed by atoms with E-state index in [-0.39, 0.29) is 12.5 Å². The van der Waals surface area contributed by atoms with Gasteiger partial charge < -0.3 is 10.0 Å². The Hall–Kier alpha value is -1.49. The average molecular weight is 293 g/mol. The highest BCUT2D eigenvalue weighted by atomic mass is 32.2. The molecule has 20 heavy (non-hydrogen) atoms. The normalized spacial score (nSPS) is 14.0. The van der Waals surface area contributed by atoms with E-state index in [1.807, 2.05) is 30.3 Å². The van der Waals surface area contributed by atoms with E-state index < -0.39 is 5.97 Å². The molecule has 108 valence electrons. The van der Waals surface area contributed by atoms with Crippen LogP contribution in [0.25, 0.3) is 0 Å². The van der Waals surface area contributed by atoms with Gasteiger partial charge in [-0.2, -0.15) is 0 Å². The molecule has 1 aliphatic rings. The van der Waals surface area contributed by atoms with Crippen molar-refractivity contribution in [3.63, 3.8) is 0 Å². The number of thioether (sulfide) groups is 1. The van der Waals surface area contributed by atoms with Gasteiger partial charge in [0.2, 0.25) is 5.91 Å². The summed E-state index contributed by atoms with van der Waals surface area (Å²) in [6.45, 7) is 0.423. The fourth-order valence-electron chi connectivity index (χ4n) is 1.96. The zero-order chi connectivity index (χ0) is 14.4. The van der Waals surface area contributed by atoms with Crippen LogP contribution in [0.1, 0.15) is 19.3 Å². The van der Waals surface area contributed by atoms with Crippen LogP contribution in [-0.4, -0.2) is 40.7 Å². The molecule has 0 aliphatic heterocycles. The van der Waals surface area contributed by atoms with Crippen molar-refractivity contribution >= 4 is 23.6 Å². The molecule has 1 amide bonds. The molecule has 0 atom stereocenters. The van der Waals surface area contributed by atoms with Gasteiger partial charge in [0.05, 0.1) is 0 Å². The maximum atomic E-state index is 12.1. The van der Waals surface area contributed by atoms with E-state index in [2.05, 4.69) is 0 Å². The average Bonchev–Trinajstić information content (AvgIpc) is 3.22. The van der Waals surface area contributed by atoms with Crippen molar-refractivity contribution in [3.05, 3.63) is 30.3 Å². The lowest BCUT2D eigenvalue weighted by Crippen LogP contribution is -2.37. The fraction of sp³-hybridized carbons (Fsp3) is 0.467. The van der Waals surface area contributed by atoms with E-state index in [9.17, 15) is 9.59 Å². The van der Waals surface area contributed by atoms with Crippen LogP contribution < -0.4 is 0 Å². The Kier molecular flexibility index (Phi) is 5.47. The van der Waals surface area contributed by atoms with Crippen LogP contribution in [-0.2, 0) is 9.59 Å². The Bertz CT molecular complexity index is 459. The van der Waals surface area contributed by atoms with Crippen molar-refractivity contribution in [1.29, 1.82) is 0 Å². The molecule has 1 aromatic carbocycles. The highest BCUT2D eigenvalue weighted by Gasteiger charge is 2.27. The predicted octanol–water partition coefficient (Wildman–Crippen LogP) is 2.49. The third-order valence-corrected chi connectivity index (χ3v) is 4.20. The van der Waals surface area contributed by atoms with Crippen molar-refractivity contribution in [2.24, 2.45) is 5.92 Å². The van der Waals surface area contributed by atoms with Gasteiger partial charge in [0.25, 0.3) is 0 Å². The minimum atomic E-state index is -0.935. The molecule has 0 aromatic heterocycles. The number of carboxylic acids is 1. The lowest BCUT2D eigenvalue weighted by Gasteiger charge is -2.20. The smallest absolute Gasteiger partial charge is 0.323 e. The van der Waals surface area contributed by atoms with E-state index in [0.717, 1.165) is 17.7 Å². The molecule has 1 saturated carbocycles. The van der Waals surface area contributed by atoms with E-state index in [0.29, 0.717) is 24.6 Å². The molecule has 0 unspecified atom stereocenters. The first-order valence-corrected chi connectivity index (χ1v) is 7.81. The van der Waals surface area contributed by atoms with Crippen molar-refractivity contribution in [2.75, 3.05) is 18.8 Å². The Labute approximate surface area is 123 Å². The first-order valence-electron chi connectivity index (χ1n) is 6.82. The van der Waals surface area contributed by atoms with Crippen LogP contribution in [0.2, 0.25) is 0 Å². The lowest BCUT2D eigenvalue weighted by atomic mass is 10.3. The molecule has 0 spiro atoms. The summed E-state index contributed by atoms with van der Waals surface area (Å²) in [5, 5.41) is 8.87. The number of carbonyl (C=O) groups is 2. The minimum Gasteiger partial charge on any atom is -0.480 e. The summed E-state index contributed by atoms with van der Waals surface area (Å²) < 4.78 is 0. The summed E-state index contributed by atoms with van der Waals surface area (Å²) in [4.78, 5) is 25.5. The maximum absolute atomic E-state index is 12.1. The van der Waals surface area contributed by atoms with Gasteiger partial charge in [0.15, 0.2) is 0 Å². The molecule has 1 fully saturated rings. The summed E-state index contributed by atoms with van der Waals surface area (Å²) in [6, 6.07) is 9.91. The zero-order valence-corrected chi connectivity index (χ0v) is 12.1. The SMILES string of the molecule is O=C(O)CN(CC1CC1)C(=O)CCSc1ccccc1. The van der Waals surface area contributed by atoms with Crippen LogP contribution in [0.3, 0.4) is 0 Å². The van der Waals surface area contributed by atoms with E-state index >= 15 is 0 Å². The summed E-state index contributed by atoms with van der Waals surface area (Å²) in [6.07, 6.45) is 2.61. The molecule has 5 heteroatoms. The number of benzene rings is 1. The summed E-state index contributed by atoms with van der Waals surface area (Å²) in [5.41, 5.74) is 0. The van der Waals surface area contributed by atoms with E-state index in [1.165, 1.54) is 4.90 Å². The zero-order valence-electron chi connectivity index (χ0n) is 11.3. The maximum Gasteiger partial charge on any atom is 0.323 e. The predicted molar refractivity (Wildman–Crippen MR) is 78.7 cm³/mol. The Balaban J connectivity index is 1.76. The molecule has 2 rings (SSSR count). The quantitative estimate of drug-likeness (QED) is 0.748. The number of hydrogen-bond acceptors (Lipinski definition) is 3. The molecule has 4 nitrogen and oxygen atoms in total. The van der Waals surface area contributed by atoms with Crippen LogP contribution >= 0.6 is 11.8 Å². The van der Waals surface area contributed by atoms with Gasteiger partial charge in [0, 0.05) is 23.6 Å². The number of amides is 1. The minimum absolute atomic E-state index is 0.0530. The molecule has 0 bridgehead atoms. The van der Waals surface area contributed by atoms with Gasteiger partial charge in [-0.3, -0.25) is 9.59 Å². The number of carboxylic acid groups (broad SMARTS) is 1. The third kappa shape index (κ3) is 5.25. The highest BCUT2D eigenvalue weighted by molar-refractivity contribution is 7.99. The van der Waals surface area contributed by atoms with Crippen LogP contribution in [0, 0.1) is 5.92 Å². The molecule has 1 aliphatic carbocycles. The number of hydrogen-bond donors (Lipinski definition) is 1. The van der Waals surface area contributed by atoms with Gasteiger partial charge in [0.1, 0.15) is 6.54 Å². The number of nitrogens with zero attached hydrogens (tertiary/aromatic N) is 1. The second-order valence-corrected chi connectivity index (χ2v) is 6.19. The second-order valence-electron chi connectivity index (χ2n) is 5.02. The summed E-state index contributed by atoms with van der Waals surface area (Å²) in [5.74, 6) is 0.210. The first kappa shape index (κ1) is 14.9. The van der Waals surface area contributed by atoms with Gasteiger partial charge in [-0.25, -0.2) is 0 Å². The molecular formula is C15H19NO3S. The van der Waals surface area contributed by atoms with Gasteiger partial charge in [-0.15, -0.1) is 11.8 Å². The van der Waals surface area contributed by atoms with Crippen molar-refractivity contribution in [3.8, 4) is 0 Å². The van der Waals surface area contributed by atoms with E-state index in [4.69, 9.17) is 5.11 Å². The van der Waals surface area contributed by atoms with Crippen molar-refractivity contribution in [2.45, 2.75) is 24.2 Å². The standard InChI is InChI=1S/C15H19NO3S/c17-14(8-9-20-13-4-2-1-3-5-13)16(11-15(18)19)10-12-6-7-12/h1-5,12H,6-11H2,(H,18,19). The van der Waals surface area contributed by atoms with Crippen molar-refractivity contribution < 1.29 is 14.7 Å². The summed E-state index contributed by atoms with van der Waals surface area (Å²) in [7, 11) is 0. The lowest BCUT2D eigenvalue weighted by molar-refractivity contribution is -0.144. The summed E-state index contributed by atoms with van der Waals surface area (Å²) >= 11 is 1.62. The molecule has 0 heterocycles. The highest BCUT2D eigenvalue weighted by Crippen LogP contribution is 2.30. The number of carbonyl (C=O) groups excluding carboxylic acids is 1. The van der Waals surface area contributed by atoms with Crippen LogP contribution in [0.5, 0.6) is 0 Å². The fourth-order valence-corrected chi connectivity index (χ4v) is 2.82. The second kappa shape index (κ2) is 7.33. The Morgan fingerprint density at radius 1 is 1.25 bits per heavy atom. The molecule has 1 N–H and O–H groups in total. The monoisotopic (exact) mass is 293 g/mol. The Morgan fingerprint density at radius 2 is 1.95 bits per heavy atom. The third-order valence-electron chi connectivity index (χ3n) is 3.18. The Morgan fingerprint density at radius 3 is 2.55 bits per heavy atom. The molecule has 0 radical (unpaired) electrons. The largest absolute Gasteiger partial charge is 0.480 e. The number of aliphatic carboxylic acids is 1. The first-order chi connectivity index (χ1) is 9.65. The number of rotatable bonds is 8. The van der Waals surface area contributed by atoms with Crippen LogP contribution in [0.4, 0.5) is 0 Å². The van der Waals surface area contributed by atoms with Gasteiger partial charge in [-0.05, 0) is 30.9 Å². The van der Waals surface area contributed by atoms with E-state index in [1.54, 1.807) is 11.8 Å². The topological polar surface area (TPSA) is 57.6 Å². The van der Waals surface area contributed by atoms with Gasteiger partial charge >= 0.3 is 5.97 Å².